The molecule has 24 heavy (non-hydrogen) atoms. The van der Waals surface area contributed by atoms with E-state index in [9.17, 15) is 17.6 Å². The van der Waals surface area contributed by atoms with Crippen LogP contribution in [0.5, 0.6) is 5.75 Å². The van der Waals surface area contributed by atoms with E-state index >= 15 is 0 Å². The lowest BCUT2D eigenvalue weighted by Gasteiger charge is -2.37. The molecule has 2 heterocycles. The Balaban J connectivity index is 0.00000208. The second-order valence-corrected chi connectivity index (χ2v) is 8.10. The first-order valence-corrected chi connectivity index (χ1v) is 9.31. The predicted molar refractivity (Wildman–Crippen MR) is 89.8 cm³/mol. The number of nitrogens with one attached hydrogen (secondary N) is 1. The molecular formula is C15H20ClFN2O4S. The van der Waals surface area contributed by atoms with Gasteiger partial charge in [0.05, 0.1) is 17.5 Å². The normalized spacial score (nSPS) is 24.8. The summed E-state index contributed by atoms with van der Waals surface area (Å²) < 4.78 is 42.5. The Hall–Kier alpha value is -1.38. The van der Waals surface area contributed by atoms with Crippen molar-refractivity contribution in [2.45, 2.75) is 19.0 Å². The maximum Gasteiger partial charge on any atom is 0.260 e. The zero-order valence-electron chi connectivity index (χ0n) is 13.2. The van der Waals surface area contributed by atoms with Gasteiger partial charge in [-0.3, -0.25) is 4.79 Å². The van der Waals surface area contributed by atoms with Gasteiger partial charge in [0.15, 0.2) is 16.4 Å². The average Bonchev–Trinajstić information content (AvgIpc) is 2.82. The second kappa shape index (κ2) is 7.25. The Kier molecular flexibility index (Phi) is 5.72. The second-order valence-electron chi connectivity index (χ2n) is 5.94. The SMILES string of the molecule is Cc1c(F)cccc1OCC(=O)N1CCN[C@H]2CS(=O)(=O)C[C@H]21.Cl. The minimum Gasteiger partial charge on any atom is -0.483 e. The fraction of sp³-hybridized carbons (Fsp3) is 0.533. The van der Waals surface area contributed by atoms with Crippen molar-refractivity contribution < 1.29 is 22.3 Å². The lowest BCUT2D eigenvalue weighted by Crippen LogP contribution is -2.59. The highest BCUT2D eigenvalue weighted by Crippen LogP contribution is 2.23. The Bertz CT molecular complexity index is 728. The number of carbonyl (C=O) groups excluding carboxylic acids is 1. The van der Waals surface area contributed by atoms with Gasteiger partial charge >= 0.3 is 0 Å². The Morgan fingerprint density at radius 2 is 2.17 bits per heavy atom. The lowest BCUT2D eigenvalue weighted by atomic mass is 10.1. The van der Waals surface area contributed by atoms with Crippen LogP contribution >= 0.6 is 12.4 Å². The molecule has 0 radical (unpaired) electrons. The molecule has 0 bridgehead atoms. The molecule has 134 valence electrons. The van der Waals surface area contributed by atoms with E-state index in [4.69, 9.17) is 4.74 Å². The van der Waals surface area contributed by atoms with E-state index in [0.29, 0.717) is 24.4 Å². The molecule has 1 aromatic rings. The van der Waals surface area contributed by atoms with Crippen molar-refractivity contribution in [2.24, 2.45) is 0 Å². The van der Waals surface area contributed by atoms with Gasteiger partial charge in [-0.15, -0.1) is 12.4 Å². The van der Waals surface area contributed by atoms with Crippen LogP contribution < -0.4 is 10.1 Å². The van der Waals surface area contributed by atoms with Gasteiger partial charge in [-0.2, -0.15) is 0 Å². The third-order valence-corrected chi connectivity index (χ3v) is 6.09. The predicted octanol–water partition coefficient (Wildman–Crippen LogP) is 0.532. The summed E-state index contributed by atoms with van der Waals surface area (Å²) in [6, 6.07) is 3.89. The summed E-state index contributed by atoms with van der Waals surface area (Å²) in [5, 5.41) is 3.15. The van der Waals surface area contributed by atoms with Crippen LogP contribution in [0.1, 0.15) is 5.56 Å². The molecule has 1 aromatic carbocycles. The van der Waals surface area contributed by atoms with Crippen LogP contribution in [0.4, 0.5) is 4.39 Å². The van der Waals surface area contributed by atoms with Gasteiger partial charge in [-0.25, -0.2) is 12.8 Å². The zero-order chi connectivity index (χ0) is 16.6. The number of rotatable bonds is 3. The number of benzene rings is 1. The molecule has 3 rings (SSSR count). The number of hydrogen-bond donors (Lipinski definition) is 1. The zero-order valence-corrected chi connectivity index (χ0v) is 14.8. The van der Waals surface area contributed by atoms with Crippen LogP contribution in [-0.4, -0.2) is 62.5 Å². The van der Waals surface area contributed by atoms with E-state index in [2.05, 4.69) is 5.32 Å². The fourth-order valence-corrected chi connectivity index (χ4v) is 5.10. The van der Waals surface area contributed by atoms with Gasteiger partial charge in [0.25, 0.3) is 5.91 Å². The number of halogens is 2. The van der Waals surface area contributed by atoms with Crippen LogP contribution in [-0.2, 0) is 14.6 Å². The highest BCUT2D eigenvalue weighted by atomic mass is 35.5. The highest BCUT2D eigenvalue weighted by molar-refractivity contribution is 7.91. The number of nitrogens with zero attached hydrogens (tertiary/aromatic N) is 1. The maximum atomic E-state index is 13.5. The van der Waals surface area contributed by atoms with Gasteiger partial charge < -0.3 is 15.0 Å². The quantitative estimate of drug-likeness (QED) is 0.830. The summed E-state index contributed by atoms with van der Waals surface area (Å²) in [4.78, 5) is 14.0. The number of ether oxygens (including phenoxy) is 1. The molecule has 0 saturated carbocycles. The third-order valence-electron chi connectivity index (χ3n) is 4.37. The Morgan fingerprint density at radius 1 is 1.42 bits per heavy atom. The number of fused-ring (bicyclic) bond motifs is 1. The molecule has 6 nitrogen and oxygen atoms in total. The number of amides is 1. The molecule has 0 unspecified atom stereocenters. The van der Waals surface area contributed by atoms with Gasteiger partial charge in [0.2, 0.25) is 0 Å². The summed E-state index contributed by atoms with van der Waals surface area (Å²) in [7, 11) is -3.12. The molecule has 2 saturated heterocycles. The molecule has 1 N–H and O–H groups in total. The van der Waals surface area contributed by atoms with Crippen LogP contribution in [0.25, 0.3) is 0 Å². The van der Waals surface area contributed by atoms with Crippen molar-refractivity contribution in [2.75, 3.05) is 31.2 Å². The van der Waals surface area contributed by atoms with Crippen molar-refractivity contribution in [1.82, 2.24) is 10.2 Å². The summed E-state index contributed by atoms with van der Waals surface area (Å²) in [6.07, 6.45) is 0. The van der Waals surface area contributed by atoms with E-state index in [0.717, 1.165) is 0 Å². The van der Waals surface area contributed by atoms with Gasteiger partial charge in [-0.05, 0) is 19.1 Å². The Morgan fingerprint density at radius 3 is 2.92 bits per heavy atom. The standard InChI is InChI=1S/C15H19FN2O4S.ClH/c1-10-11(16)3-2-4-14(10)22-7-15(19)18-6-5-17-12-8-23(20,21)9-13(12)18;/h2-4,12-13,17H,5-9H2,1H3;1H/t12-,13+;/m0./s1. The van der Waals surface area contributed by atoms with Crippen molar-refractivity contribution >= 4 is 28.2 Å². The first-order chi connectivity index (χ1) is 10.9. The molecule has 2 aliphatic rings. The monoisotopic (exact) mass is 378 g/mol. The molecule has 2 atom stereocenters. The Labute approximate surface area is 146 Å². The highest BCUT2D eigenvalue weighted by Gasteiger charge is 2.44. The molecule has 0 spiro atoms. The van der Waals surface area contributed by atoms with E-state index in [1.807, 2.05) is 0 Å². The largest absolute Gasteiger partial charge is 0.483 e. The molecule has 1 amide bonds. The van der Waals surface area contributed by atoms with E-state index in [1.54, 1.807) is 17.9 Å². The number of carbonyl (C=O) groups is 1. The number of sulfone groups is 1. The van der Waals surface area contributed by atoms with Crippen molar-refractivity contribution in [3.05, 3.63) is 29.6 Å². The summed E-state index contributed by atoms with van der Waals surface area (Å²) >= 11 is 0. The number of hydrogen-bond acceptors (Lipinski definition) is 5. The smallest absolute Gasteiger partial charge is 0.260 e. The minimum atomic E-state index is -3.12. The average molecular weight is 379 g/mol. The topological polar surface area (TPSA) is 75.7 Å². The molecule has 0 aromatic heterocycles. The van der Waals surface area contributed by atoms with Crippen molar-refractivity contribution in [3.63, 3.8) is 0 Å². The van der Waals surface area contributed by atoms with Crippen LogP contribution in [0.2, 0.25) is 0 Å². The third kappa shape index (κ3) is 3.81. The first-order valence-electron chi connectivity index (χ1n) is 7.48. The summed E-state index contributed by atoms with van der Waals surface area (Å²) in [5.41, 5.74) is 0.349. The van der Waals surface area contributed by atoms with E-state index in [1.165, 1.54) is 12.1 Å². The molecule has 9 heteroatoms. The van der Waals surface area contributed by atoms with Crippen LogP contribution in [0, 0.1) is 12.7 Å². The van der Waals surface area contributed by atoms with Crippen LogP contribution in [0.15, 0.2) is 18.2 Å². The number of piperazine rings is 1. The molecule has 2 fully saturated rings. The lowest BCUT2D eigenvalue weighted by molar-refractivity contribution is -0.136. The van der Waals surface area contributed by atoms with E-state index < -0.39 is 9.84 Å². The fourth-order valence-electron chi connectivity index (χ4n) is 3.14. The molecular weight excluding hydrogens is 359 g/mol. The summed E-state index contributed by atoms with van der Waals surface area (Å²) in [6.45, 7) is 2.36. The van der Waals surface area contributed by atoms with Gasteiger partial charge in [0.1, 0.15) is 11.6 Å². The van der Waals surface area contributed by atoms with Crippen LogP contribution in [0.3, 0.4) is 0 Å². The van der Waals surface area contributed by atoms with Gasteiger partial charge in [0, 0.05) is 24.7 Å². The van der Waals surface area contributed by atoms with E-state index in [-0.39, 0.29) is 54.3 Å². The van der Waals surface area contributed by atoms with Crippen molar-refractivity contribution in [3.8, 4) is 5.75 Å². The molecule has 2 aliphatic heterocycles. The first kappa shape index (κ1) is 19.0. The summed E-state index contributed by atoms with van der Waals surface area (Å²) in [5.74, 6) is -0.300. The van der Waals surface area contributed by atoms with Crippen molar-refractivity contribution in [1.29, 1.82) is 0 Å². The minimum absolute atomic E-state index is 0. The maximum absolute atomic E-state index is 13.5. The molecule has 0 aliphatic carbocycles. The van der Waals surface area contributed by atoms with Gasteiger partial charge in [-0.1, -0.05) is 6.07 Å².